The van der Waals surface area contributed by atoms with Crippen LogP contribution in [0.25, 0.3) is 0 Å². The summed E-state index contributed by atoms with van der Waals surface area (Å²) in [5, 5.41) is 6.57. The zero-order valence-electron chi connectivity index (χ0n) is 10.6. The summed E-state index contributed by atoms with van der Waals surface area (Å²) < 4.78 is 28.8. The number of H-pyrrole nitrogens is 1. The maximum absolute atomic E-state index is 12.2. The summed E-state index contributed by atoms with van der Waals surface area (Å²) in [4.78, 5) is 0.233. The summed E-state index contributed by atoms with van der Waals surface area (Å²) in [5.74, 6) is 0. The standard InChI is InChI=1S/C11H16N4O2S/c1-8-11(9(2)14-13-8)18(16,17)12-7-10-5-4-6-15(10)3/h4-6,12H,7H2,1-3H3,(H,13,14). The lowest BCUT2D eigenvalue weighted by Gasteiger charge is -2.07. The number of rotatable bonds is 4. The fourth-order valence-electron chi connectivity index (χ4n) is 1.86. The Balaban J connectivity index is 2.21. The van der Waals surface area contributed by atoms with Crippen LogP contribution in [0.1, 0.15) is 17.1 Å². The van der Waals surface area contributed by atoms with E-state index >= 15 is 0 Å². The number of hydrogen-bond donors (Lipinski definition) is 2. The number of hydrogen-bond acceptors (Lipinski definition) is 3. The molecule has 0 aliphatic rings. The highest BCUT2D eigenvalue weighted by atomic mass is 32.2. The van der Waals surface area contributed by atoms with Gasteiger partial charge in [-0.25, -0.2) is 13.1 Å². The lowest BCUT2D eigenvalue weighted by molar-refractivity contribution is 0.578. The lowest BCUT2D eigenvalue weighted by Crippen LogP contribution is -2.25. The molecule has 98 valence electrons. The minimum absolute atomic E-state index is 0.233. The second-order valence-corrected chi connectivity index (χ2v) is 5.90. The van der Waals surface area contributed by atoms with Crippen LogP contribution in [-0.2, 0) is 23.6 Å². The van der Waals surface area contributed by atoms with E-state index in [-0.39, 0.29) is 11.4 Å². The van der Waals surface area contributed by atoms with Crippen molar-refractivity contribution < 1.29 is 8.42 Å². The van der Waals surface area contributed by atoms with Gasteiger partial charge in [-0.05, 0) is 26.0 Å². The first kappa shape index (κ1) is 12.8. The predicted molar refractivity (Wildman–Crippen MR) is 67.5 cm³/mol. The summed E-state index contributed by atoms with van der Waals surface area (Å²) >= 11 is 0. The predicted octanol–water partition coefficient (Wildman–Crippen LogP) is 0.844. The van der Waals surface area contributed by atoms with Crippen molar-refractivity contribution in [3.8, 4) is 0 Å². The zero-order valence-corrected chi connectivity index (χ0v) is 11.4. The molecule has 0 atom stereocenters. The first-order valence-corrected chi connectivity index (χ1v) is 7.01. The van der Waals surface area contributed by atoms with E-state index in [4.69, 9.17) is 0 Å². The molecule has 7 heteroatoms. The van der Waals surface area contributed by atoms with Crippen LogP contribution in [0.4, 0.5) is 0 Å². The van der Waals surface area contributed by atoms with Gasteiger partial charge in [-0.2, -0.15) is 5.10 Å². The molecular weight excluding hydrogens is 252 g/mol. The Labute approximate surface area is 106 Å². The number of aromatic nitrogens is 3. The van der Waals surface area contributed by atoms with E-state index in [0.29, 0.717) is 11.4 Å². The van der Waals surface area contributed by atoms with Gasteiger partial charge in [-0.15, -0.1) is 0 Å². The maximum atomic E-state index is 12.2. The molecule has 2 N–H and O–H groups in total. The quantitative estimate of drug-likeness (QED) is 0.862. The molecule has 0 fully saturated rings. The molecule has 2 aromatic heterocycles. The van der Waals surface area contributed by atoms with Gasteiger partial charge in [0.25, 0.3) is 0 Å². The zero-order chi connectivity index (χ0) is 13.3. The molecule has 0 spiro atoms. The van der Waals surface area contributed by atoms with Crippen molar-refractivity contribution in [3.63, 3.8) is 0 Å². The van der Waals surface area contributed by atoms with Crippen LogP contribution < -0.4 is 4.72 Å². The molecule has 0 saturated carbocycles. The molecule has 0 bridgehead atoms. The van der Waals surface area contributed by atoms with Crippen molar-refractivity contribution >= 4 is 10.0 Å². The molecule has 6 nitrogen and oxygen atoms in total. The Morgan fingerprint density at radius 2 is 2.17 bits per heavy atom. The minimum Gasteiger partial charge on any atom is -0.353 e. The van der Waals surface area contributed by atoms with Crippen LogP contribution in [0.15, 0.2) is 23.2 Å². The fourth-order valence-corrected chi connectivity index (χ4v) is 3.22. The van der Waals surface area contributed by atoms with Crippen molar-refractivity contribution in [2.75, 3.05) is 0 Å². The molecule has 18 heavy (non-hydrogen) atoms. The first-order valence-electron chi connectivity index (χ1n) is 5.53. The van der Waals surface area contributed by atoms with Gasteiger partial charge in [-0.1, -0.05) is 0 Å². The van der Waals surface area contributed by atoms with E-state index in [1.807, 2.05) is 29.9 Å². The van der Waals surface area contributed by atoms with Gasteiger partial charge in [0.15, 0.2) is 0 Å². The molecule has 0 radical (unpaired) electrons. The Bertz CT molecular complexity index is 635. The molecule has 0 aliphatic heterocycles. The molecule has 0 aliphatic carbocycles. The van der Waals surface area contributed by atoms with E-state index in [1.54, 1.807) is 13.8 Å². The Morgan fingerprint density at radius 1 is 1.44 bits per heavy atom. The van der Waals surface area contributed by atoms with Gasteiger partial charge in [0, 0.05) is 18.9 Å². The van der Waals surface area contributed by atoms with Gasteiger partial charge in [0.2, 0.25) is 10.0 Å². The molecule has 2 heterocycles. The second-order valence-electron chi connectivity index (χ2n) is 4.20. The third kappa shape index (κ3) is 2.32. The van der Waals surface area contributed by atoms with E-state index in [0.717, 1.165) is 5.69 Å². The van der Waals surface area contributed by atoms with Crippen LogP contribution in [-0.4, -0.2) is 23.2 Å². The SMILES string of the molecule is Cc1n[nH]c(C)c1S(=O)(=O)NCc1cccn1C. The second kappa shape index (κ2) is 4.58. The third-order valence-electron chi connectivity index (χ3n) is 2.82. The van der Waals surface area contributed by atoms with Gasteiger partial charge in [-0.3, -0.25) is 5.10 Å². The smallest absolute Gasteiger partial charge is 0.244 e. The van der Waals surface area contributed by atoms with Crippen LogP contribution in [0.3, 0.4) is 0 Å². The number of nitrogens with zero attached hydrogens (tertiary/aromatic N) is 2. The van der Waals surface area contributed by atoms with Crippen molar-refractivity contribution in [2.45, 2.75) is 25.3 Å². The Morgan fingerprint density at radius 3 is 2.67 bits per heavy atom. The topological polar surface area (TPSA) is 79.8 Å². The summed E-state index contributed by atoms with van der Waals surface area (Å²) in [6.07, 6.45) is 1.87. The van der Waals surface area contributed by atoms with Crippen molar-refractivity contribution in [1.82, 2.24) is 19.5 Å². The molecule has 0 saturated heterocycles. The van der Waals surface area contributed by atoms with Gasteiger partial charge in [0.05, 0.1) is 17.9 Å². The fraction of sp³-hybridized carbons (Fsp3) is 0.364. The highest BCUT2D eigenvalue weighted by molar-refractivity contribution is 7.89. The largest absolute Gasteiger partial charge is 0.353 e. The van der Waals surface area contributed by atoms with Gasteiger partial charge in [0.1, 0.15) is 4.90 Å². The van der Waals surface area contributed by atoms with E-state index in [2.05, 4.69) is 14.9 Å². The van der Waals surface area contributed by atoms with Gasteiger partial charge < -0.3 is 4.57 Å². The third-order valence-corrected chi connectivity index (χ3v) is 4.49. The summed E-state index contributed by atoms with van der Waals surface area (Å²) in [6.45, 7) is 3.62. The van der Waals surface area contributed by atoms with Crippen molar-refractivity contribution in [1.29, 1.82) is 0 Å². The highest BCUT2D eigenvalue weighted by Crippen LogP contribution is 2.16. The average molecular weight is 268 g/mol. The summed E-state index contributed by atoms with van der Waals surface area (Å²) in [7, 11) is -1.66. The number of sulfonamides is 1. The van der Waals surface area contributed by atoms with E-state index in [9.17, 15) is 8.42 Å². The molecule has 0 amide bonds. The van der Waals surface area contributed by atoms with Crippen LogP contribution >= 0.6 is 0 Å². The van der Waals surface area contributed by atoms with E-state index < -0.39 is 10.0 Å². The van der Waals surface area contributed by atoms with Crippen molar-refractivity contribution in [3.05, 3.63) is 35.4 Å². The minimum atomic E-state index is -3.53. The number of nitrogens with one attached hydrogen (secondary N) is 2. The molecule has 2 aromatic rings. The van der Waals surface area contributed by atoms with Gasteiger partial charge >= 0.3 is 0 Å². The van der Waals surface area contributed by atoms with Crippen LogP contribution in [0.5, 0.6) is 0 Å². The van der Waals surface area contributed by atoms with E-state index in [1.165, 1.54) is 0 Å². The number of aromatic amines is 1. The monoisotopic (exact) mass is 268 g/mol. The average Bonchev–Trinajstić information content (AvgIpc) is 2.83. The van der Waals surface area contributed by atoms with Crippen LogP contribution in [0, 0.1) is 13.8 Å². The summed E-state index contributed by atoms with van der Waals surface area (Å²) in [6, 6.07) is 3.75. The molecule has 2 rings (SSSR count). The lowest BCUT2D eigenvalue weighted by atomic mass is 10.4. The molecule has 0 aromatic carbocycles. The van der Waals surface area contributed by atoms with Crippen molar-refractivity contribution in [2.24, 2.45) is 7.05 Å². The Kier molecular flexibility index (Phi) is 3.27. The molecular formula is C11H16N4O2S. The Hall–Kier alpha value is -1.60. The normalized spacial score (nSPS) is 11.9. The highest BCUT2D eigenvalue weighted by Gasteiger charge is 2.21. The summed E-state index contributed by atoms with van der Waals surface area (Å²) in [5.41, 5.74) is 1.93. The number of aryl methyl sites for hydroxylation is 3. The maximum Gasteiger partial charge on any atom is 0.244 e. The first-order chi connectivity index (χ1) is 8.42. The van der Waals surface area contributed by atoms with Crippen LogP contribution in [0.2, 0.25) is 0 Å². The molecule has 0 unspecified atom stereocenters.